The van der Waals surface area contributed by atoms with Gasteiger partial charge in [0.05, 0.1) is 26.4 Å². The Morgan fingerprint density at radius 2 is 1.94 bits per heavy atom. The molecule has 1 aromatic carbocycles. The van der Waals surface area contributed by atoms with E-state index in [4.69, 9.17) is 14.2 Å². The maximum Gasteiger partial charge on any atom is 0.160 e. The van der Waals surface area contributed by atoms with Gasteiger partial charge in [-0.25, -0.2) is 0 Å². The minimum atomic E-state index is -0.572. The predicted molar refractivity (Wildman–Crippen MR) is 67.7 cm³/mol. The first kappa shape index (κ1) is 13.3. The van der Waals surface area contributed by atoms with Gasteiger partial charge in [-0.2, -0.15) is 0 Å². The second-order valence-corrected chi connectivity index (χ2v) is 4.60. The highest BCUT2D eigenvalue weighted by molar-refractivity contribution is 5.42. The number of hydrogen-bond donors (Lipinski definition) is 1. The highest BCUT2D eigenvalue weighted by Crippen LogP contribution is 2.29. The highest BCUT2D eigenvalue weighted by atomic mass is 16.7. The molecule has 1 aliphatic rings. The zero-order valence-electron chi connectivity index (χ0n) is 11.1. The normalized spacial score (nSPS) is 18.0. The van der Waals surface area contributed by atoms with Gasteiger partial charge in [-0.3, -0.25) is 0 Å². The molecule has 0 aliphatic carbocycles. The zero-order chi connectivity index (χ0) is 13.1. The molecule has 1 aromatic rings. The van der Waals surface area contributed by atoms with E-state index in [1.54, 1.807) is 7.11 Å². The van der Waals surface area contributed by atoms with Gasteiger partial charge in [-0.1, -0.05) is 0 Å². The molecule has 0 saturated carbocycles. The Bertz CT molecular complexity index is 411. The lowest BCUT2D eigenvalue weighted by atomic mass is 9.98. The van der Waals surface area contributed by atoms with E-state index >= 15 is 0 Å². The van der Waals surface area contributed by atoms with Crippen molar-refractivity contribution in [3.63, 3.8) is 0 Å². The van der Waals surface area contributed by atoms with Crippen molar-refractivity contribution in [3.05, 3.63) is 28.8 Å². The SMILES string of the molecule is COc1cc(C)c(C(O)CC2OCCO2)cc1C. The molecule has 1 heterocycles. The monoisotopic (exact) mass is 252 g/mol. The third-order valence-electron chi connectivity index (χ3n) is 3.25. The van der Waals surface area contributed by atoms with E-state index < -0.39 is 6.10 Å². The van der Waals surface area contributed by atoms with Crippen LogP contribution >= 0.6 is 0 Å². The number of rotatable bonds is 4. The van der Waals surface area contributed by atoms with Crippen LogP contribution in [0, 0.1) is 13.8 Å². The molecule has 4 heteroatoms. The van der Waals surface area contributed by atoms with Gasteiger partial charge in [0.25, 0.3) is 0 Å². The molecule has 4 nitrogen and oxygen atoms in total. The lowest BCUT2D eigenvalue weighted by molar-refractivity contribution is -0.0708. The van der Waals surface area contributed by atoms with Crippen molar-refractivity contribution in [3.8, 4) is 5.75 Å². The molecule has 0 spiro atoms. The fourth-order valence-corrected chi connectivity index (χ4v) is 2.24. The minimum Gasteiger partial charge on any atom is -0.496 e. The van der Waals surface area contributed by atoms with Crippen molar-refractivity contribution in [2.45, 2.75) is 32.7 Å². The second-order valence-electron chi connectivity index (χ2n) is 4.60. The van der Waals surface area contributed by atoms with E-state index in [2.05, 4.69) is 0 Å². The van der Waals surface area contributed by atoms with Crippen LogP contribution in [0.3, 0.4) is 0 Å². The van der Waals surface area contributed by atoms with Crippen LogP contribution in [0.1, 0.15) is 29.2 Å². The summed E-state index contributed by atoms with van der Waals surface area (Å²) >= 11 is 0. The van der Waals surface area contributed by atoms with E-state index in [0.29, 0.717) is 19.6 Å². The molecule has 100 valence electrons. The molecule has 0 amide bonds. The highest BCUT2D eigenvalue weighted by Gasteiger charge is 2.22. The Labute approximate surface area is 107 Å². The maximum atomic E-state index is 10.2. The fraction of sp³-hybridized carbons (Fsp3) is 0.571. The van der Waals surface area contributed by atoms with Crippen molar-refractivity contribution in [2.75, 3.05) is 20.3 Å². The van der Waals surface area contributed by atoms with Crippen LogP contribution in [0.2, 0.25) is 0 Å². The molecular weight excluding hydrogens is 232 g/mol. The van der Waals surface area contributed by atoms with Crippen molar-refractivity contribution in [2.24, 2.45) is 0 Å². The quantitative estimate of drug-likeness (QED) is 0.891. The number of hydrogen-bond acceptors (Lipinski definition) is 4. The van der Waals surface area contributed by atoms with Crippen LogP contribution in [-0.2, 0) is 9.47 Å². The first-order chi connectivity index (χ1) is 8.61. The smallest absolute Gasteiger partial charge is 0.160 e. The third-order valence-corrected chi connectivity index (χ3v) is 3.25. The lowest BCUT2D eigenvalue weighted by Crippen LogP contribution is -2.14. The second kappa shape index (κ2) is 5.69. The van der Waals surface area contributed by atoms with Crippen molar-refractivity contribution >= 4 is 0 Å². The number of aryl methyl sites for hydroxylation is 2. The predicted octanol–water partition coefficient (Wildman–Crippen LogP) is 2.11. The van der Waals surface area contributed by atoms with Crippen molar-refractivity contribution in [1.29, 1.82) is 0 Å². The van der Waals surface area contributed by atoms with E-state index in [0.717, 1.165) is 22.4 Å². The van der Waals surface area contributed by atoms with E-state index in [1.807, 2.05) is 26.0 Å². The van der Waals surface area contributed by atoms with Crippen LogP contribution in [0.4, 0.5) is 0 Å². The molecule has 1 N–H and O–H groups in total. The Hall–Kier alpha value is -1.10. The van der Waals surface area contributed by atoms with Gasteiger partial charge in [0.1, 0.15) is 5.75 Å². The van der Waals surface area contributed by atoms with Gasteiger partial charge in [-0.15, -0.1) is 0 Å². The van der Waals surface area contributed by atoms with Crippen LogP contribution < -0.4 is 4.74 Å². The summed E-state index contributed by atoms with van der Waals surface area (Å²) in [6.45, 7) is 5.16. The molecule has 2 rings (SSSR count). The molecule has 1 atom stereocenters. The summed E-state index contributed by atoms with van der Waals surface area (Å²) in [5.74, 6) is 0.844. The molecule has 1 aliphatic heterocycles. The average Bonchev–Trinajstić information content (AvgIpc) is 2.84. The summed E-state index contributed by atoms with van der Waals surface area (Å²) in [6, 6.07) is 3.91. The van der Waals surface area contributed by atoms with Crippen LogP contribution in [0.15, 0.2) is 12.1 Å². The number of benzene rings is 1. The van der Waals surface area contributed by atoms with Gasteiger partial charge in [0, 0.05) is 6.42 Å². The summed E-state index contributed by atoms with van der Waals surface area (Å²) in [7, 11) is 1.65. The fourth-order valence-electron chi connectivity index (χ4n) is 2.24. The van der Waals surface area contributed by atoms with Gasteiger partial charge >= 0.3 is 0 Å². The zero-order valence-corrected chi connectivity index (χ0v) is 11.1. The Morgan fingerprint density at radius 1 is 1.28 bits per heavy atom. The molecule has 0 aromatic heterocycles. The third kappa shape index (κ3) is 2.83. The van der Waals surface area contributed by atoms with Gasteiger partial charge in [0.15, 0.2) is 6.29 Å². The standard InChI is InChI=1S/C14H20O4/c1-9-7-13(16-3)10(2)6-11(9)12(15)8-14-17-4-5-18-14/h6-7,12,14-15H,4-5,8H2,1-3H3. The van der Waals surface area contributed by atoms with Crippen molar-refractivity contribution in [1.82, 2.24) is 0 Å². The topological polar surface area (TPSA) is 47.9 Å². The van der Waals surface area contributed by atoms with Crippen LogP contribution in [0.5, 0.6) is 5.75 Å². The van der Waals surface area contributed by atoms with Gasteiger partial charge < -0.3 is 19.3 Å². The van der Waals surface area contributed by atoms with E-state index in [-0.39, 0.29) is 6.29 Å². The molecule has 1 fully saturated rings. The summed E-state index contributed by atoms with van der Waals surface area (Å²) < 4.78 is 16.0. The Balaban J connectivity index is 2.13. The molecule has 0 radical (unpaired) electrons. The van der Waals surface area contributed by atoms with E-state index in [9.17, 15) is 5.11 Å². The van der Waals surface area contributed by atoms with Crippen LogP contribution in [-0.4, -0.2) is 31.7 Å². The summed E-state index contributed by atoms with van der Waals surface area (Å²) in [5, 5.41) is 10.2. The molecule has 0 bridgehead atoms. The average molecular weight is 252 g/mol. The Morgan fingerprint density at radius 3 is 2.56 bits per heavy atom. The van der Waals surface area contributed by atoms with Crippen molar-refractivity contribution < 1.29 is 19.3 Å². The minimum absolute atomic E-state index is 0.290. The van der Waals surface area contributed by atoms with E-state index in [1.165, 1.54) is 0 Å². The summed E-state index contributed by atoms with van der Waals surface area (Å²) in [5.41, 5.74) is 2.95. The summed E-state index contributed by atoms with van der Waals surface area (Å²) in [6.07, 6.45) is -0.397. The number of methoxy groups -OCH3 is 1. The van der Waals surface area contributed by atoms with Gasteiger partial charge in [-0.05, 0) is 42.7 Å². The first-order valence-electron chi connectivity index (χ1n) is 6.18. The largest absolute Gasteiger partial charge is 0.496 e. The molecular formula is C14H20O4. The molecule has 1 unspecified atom stereocenters. The molecule has 1 saturated heterocycles. The maximum absolute atomic E-state index is 10.2. The Kier molecular flexibility index (Phi) is 4.22. The number of aliphatic hydroxyl groups is 1. The lowest BCUT2D eigenvalue weighted by Gasteiger charge is -2.18. The van der Waals surface area contributed by atoms with Crippen LogP contribution in [0.25, 0.3) is 0 Å². The number of aliphatic hydroxyl groups excluding tert-OH is 1. The summed E-state index contributed by atoms with van der Waals surface area (Å²) in [4.78, 5) is 0. The van der Waals surface area contributed by atoms with Gasteiger partial charge in [0.2, 0.25) is 0 Å². The molecule has 18 heavy (non-hydrogen) atoms. The first-order valence-corrected chi connectivity index (χ1v) is 6.18. The number of ether oxygens (including phenoxy) is 3.